The molecule has 2 aliphatic rings. The molecule has 0 spiro atoms. The second-order valence-corrected chi connectivity index (χ2v) is 23.1. The van der Waals surface area contributed by atoms with Gasteiger partial charge in [-0.2, -0.15) is 0 Å². The lowest BCUT2D eigenvalue weighted by atomic mass is 10.0. The van der Waals surface area contributed by atoms with Crippen molar-refractivity contribution >= 4 is 44.1 Å². The van der Waals surface area contributed by atoms with Crippen molar-refractivity contribution in [2.75, 3.05) is 0 Å². The highest BCUT2D eigenvalue weighted by atomic mass is 19.2. The normalized spacial score (nSPS) is 11.5. The van der Waals surface area contributed by atoms with Crippen LogP contribution >= 0.6 is 0 Å². The van der Waals surface area contributed by atoms with Gasteiger partial charge in [0.1, 0.15) is 68.6 Å². The lowest BCUT2D eigenvalue weighted by Crippen LogP contribution is -2.01. The molecule has 0 amide bonds. The van der Waals surface area contributed by atoms with Crippen molar-refractivity contribution in [1.82, 2.24) is 39.9 Å². The highest BCUT2D eigenvalue weighted by molar-refractivity contribution is 6.09. The quantitative estimate of drug-likeness (QED) is 0.0871. The summed E-state index contributed by atoms with van der Waals surface area (Å²) in [5, 5.41) is -3.36. The van der Waals surface area contributed by atoms with Crippen LogP contribution in [0.2, 0.25) is 0 Å². The number of para-hydroxylation sites is 8. The number of ether oxygens (including phenoxy) is 8. The van der Waals surface area contributed by atoms with Crippen molar-refractivity contribution in [2.24, 2.45) is 0 Å². The highest BCUT2D eigenvalue weighted by Gasteiger charge is 2.40. The molecule has 16 nitrogen and oxygen atoms in total. The van der Waals surface area contributed by atoms with E-state index in [4.69, 9.17) is 37.9 Å². The second kappa shape index (κ2) is 26.2. The van der Waals surface area contributed by atoms with Gasteiger partial charge in [0.15, 0.2) is 69.8 Å². The van der Waals surface area contributed by atoms with Crippen LogP contribution in [0.15, 0.2) is 243 Å². The van der Waals surface area contributed by atoms with Crippen LogP contribution in [0.4, 0.5) is 35.1 Å². The van der Waals surface area contributed by atoms with Crippen molar-refractivity contribution in [2.45, 2.75) is 0 Å². The van der Waals surface area contributed by atoms with Crippen molar-refractivity contribution in [1.29, 1.82) is 0 Å². The molecule has 0 radical (unpaired) electrons. The summed E-state index contributed by atoms with van der Waals surface area (Å²) in [6, 6.07) is 61.1. The molecule has 506 valence electrons. The number of aromatic nitrogens is 8. The van der Waals surface area contributed by atoms with E-state index < -0.39 is 182 Å². The summed E-state index contributed by atoms with van der Waals surface area (Å²) < 4.78 is 199. The predicted molar refractivity (Wildman–Crippen MR) is 368 cm³/mol. The molecule has 0 unspecified atom stereocenters. The van der Waals surface area contributed by atoms with Gasteiger partial charge in [-0.05, 0) is 97.1 Å². The van der Waals surface area contributed by atoms with E-state index in [1.807, 2.05) is 0 Å². The number of nitrogens with zero attached hydrogens (tertiary/aromatic N) is 6. The molecule has 0 saturated heterocycles. The summed E-state index contributed by atoms with van der Waals surface area (Å²) >= 11 is 0. The first kappa shape index (κ1) is 63.3. The molecule has 0 aliphatic carbocycles. The van der Waals surface area contributed by atoms with Gasteiger partial charge in [0.05, 0.1) is 43.8 Å². The Bertz CT molecular complexity index is 5350. The average molecular weight is 1400 g/mol. The van der Waals surface area contributed by atoms with Crippen LogP contribution in [-0.4, -0.2) is 39.9 Å². The molecule has 3 aromatic heterocycles. The van der Waals surface area contributed by atoms with Gasteiger partial charge in [-0.3, -0.25) is 0 Å². The maximum Gasteiger partial charge on any atom is 0.209 e. The van der Waals surface area contributed by atoms with Gasteiger partial charge in [-0.25, -0.2) is 65.0 Å². The number of benzene rings is 12. The van der Waals surface area contributed by atoms with Crippen LogP contribution in [0.3, 0.4) is 0 Å². The molecule has 2 aliphatic heterocycles. The molecule has 0 fully saturated rings. The van der Waals surface area contributed by atoms with Crippen molar-refractivity contribution < 1.29 is 73.0 Å². The van der Waals surface area contributed by atoms with Crippen molar-refractivity contribution in [3.63, 3.8) is 0 Å². The number of hydrogen-bond donors (Lipinski definition) is 2. The van der Waals surface area contributed by atoms with E-state index in [2.05, 4.69) is 39.9 Å². The summed E-state index contributed by atoms with van der Waals surface area (Å²) in [6.45, 7) is 0. The molecular weight excluding hydrogens is 1350 g/mol. The minimum absolute atomic E-state index is 0.0280. The van der Waals surface area contributed by atoms with Gasteiger partial charge in [0.25, 0.3) is 0 Å². The first-order chi connectivity index (χ1) is 50.9. The highest BCUT2D eigenvalue weighted by Crippen LogP contribution is 2.55. The number of halogens is 8. The Kier molecular flexibility index (Phi) is 15.9. The van der Waals surface area contributed by atoms with E-state index in [0.29, 0.717) is 0 Å². The average Bonchev–Trinajstić information content (AvgIpc) is 1.55. The Hall–Kier alpha value is -14.2. The largest absolute Gasteiger partial charge is 0.450 e. The zero-order valence-corrected chi connectivity index (χ0v) is 53.1. The topological polar surface area (TPSA) is 183 Å². The molecule has 17 rings (SSSR count). The molecule has 104 heavy (non-hydrogen) atoms. The van der Waals surface area contributed by atoms with Crippen LogP contribution in [0.1, 0.15) is 0 Å². The fourth-order valence-corrected chi connectivity index (χ4v) is 11.9. The zero-order valence-electron chi connectivity index (χ0n) is 53.1. The van der Waals surface area contributed by atoms with Crippen LogP contribution in [-0.2, 0) is 0 Å². The Morgan fingerprint density at radius 1 is 0.183 bits per heavy atom. The first-order valence-electron chi connectivity index (χ1n) is 31.7. The fraction of sp³-hybridized carbons (Fsp3) is 0. The van der Waals surface area contributed by atoms with E-state index in [-0.39, 0.29) is 46.0 Å². The number of rotatable bonds is 16. The first-order valence-corrected chi connectivity index (χ1v) is 31.7. The summed E-state index contributed by atoms with van der Waals surface area (Å²) in [5.74, 6) is -22.3. The third kappa shape index (κ3) is 11.3. The summed E-state index contributed by atoms with van der Waals surface area (Å²) in [4.78, 5) is 33.5. The van der Waals surface area contributed by atoms with Crippen molar-refractivity contribution in [3.8, 4) is 138 Å². The number of aromatic amines is 2. The van der Waals surface area contributed by atoms with Crippen LogP contribution in [0.25, 0.3) is 89.7 Å². The van der Waals surface area contributed by atoms with E-state index in [1.165, 1.54) is 97.1 Å². The molecule has 24 heteroatoms. The smallest absolute Gasteiger partial charge is 0.209 e. The lowest BCUT2D eigenvalue weighted by molar-refractivity contribution is 0.376. The van der Waals surface area contributed by atoms with Gasteiger partial charge in [-0.1, -0.05) is 146 Å². The number of nitrogens with one attached hydrogen (secondary N) is 2. The lowest BCUT2D eigenvalue weighted by Gasteiger charge is -2.17. The SMILES string of the molecule is Fc1c(Oc2ccccc2)c(Oc2ccccc2)c(F)c2c1-c1nc-2nc2[nH]c(nc3nc(nc4[nH]c(n1)c1c(F)c(Oc5ccccc5)c(Oc5ccccc5)c(F)c41)-c1c(F)c(Oc4ccccc4)c(Oc4ccccc4)c(F)c1-3)c1c(F)c(Oc3ccccc3)c(Oc3ccccc3)c(F)c21. The van der Waals surface area contributed by atoms with E-state index in [1.54, 1.807) is 146 Å². The Morgan fingerprint density at radius 2 is 0.327 bits per heavy atom. The Labute approximate surface area is 581 Å². The number of hydrogen-bond acceptors (Lipinski definition) is 14. The minimum atomic E-state index is -1.44. The summed E-state index contributed by atoms with van der Waals surface area (Å²) in [7, 11) is 0. The van der Waals surface area contributed by atoms with Gasteiger partial charge in [0.2, 0.25) is 46.0 Å². The Morgan fingerprint density at radius 3 is 0.481 bits per heavy atom. The summed E-state index contributed by atoms with van der Waals surface area (Å²) in [5.41, 5.74) is -6.58. The maximum atomic E-state index is 18.7. The van der Waals surface area contributed by atoms with Gasteiger partial charge >= 0.3 is 0 Å². The van der Waals surface area contributed by atoms with Gasteiger partial charge in [-0.15, -0.1) is 0 Å². The standard InChI is InChI=1S/C80H42F8N8O8/c81-57-49-50(58(82)66(98-42-27-11-2-12-28-42)65(57)97-41-25-9-1-10-26-41)74-89-73(49)93-75-51-52(60(84)68(100-44-31-15-4-16-32-44)67(59(51)83)99-43-29-13-3-14-30-43)77(90-75)95-79-55-56(64(88)72(104-48-39-23-8-24-40-48)71(63(55)87)103-47-37-21-7-22-38-47)80(92-79)96-78-54-53(76(91-78)94-74)61(85)69(101-45-33-17-5-18-34-45)70(62(54)86)102-46-35-19-6-20-36-46/h1-40H,(H2,89,90,91,92,93,94,95,96). The van der Waals surface area contributed by atoms with Gasteiger partial charge in [0, 0.05) is 0 Å². The van der Waals surface area contributed by atoms with E-state index in [0.717, 1.165) is 0 Å². The van der Waals surface area contributed by atoms with Crippen LogP contribution in [0, 0.1) is 46.5 Å². The van der Waals surface area contributed by atoms with Crippen molar-refractivity contribution in [3.05, 3.63) is 289 Å². The molecule has 15 aromatic rings. The summed E-state index contributed by atoms with van der Waals surface area (Å²) in [6.07, 6.45) is 0. The van der Waals surface area contributed by atoms with E-state index >= 15 is 35.1 Å². The molecule has 0 saturated carbocycles. The number of H-pyrrole nitrogens is 2. The predicted octanol–water partition coefficient (Wildman–Crippen LogP) is 22.3. The van der Waals surface area contributed by atoms with Gasteiger partial charge < -0.3 is 47.9 Å². The molecule has 8 bridgehead atoms. The molecule has 12 aromatic carbocycles. The molecular formula is C80H42F8N8O8. The van der Waals surface area contributed by atoms with Crippen LogP contribution < -0.4 is 37.9 Å². The van der Waals surface area contributed by atoms with Crippen LogP contribution in [0.5, 0.6) is 92.0 Å². The Balaban J connectivity index is 1.06. The molecule has 0 atom stereocenters. The van der Waals surface area contributed by atoms with E-state index in [9.17, 15) is 0 Å². The maximum absolute atomic E-state index is 18.7. The molecule has 2 N–H and O–H groups in total. The third-order valence-electron chi connectivity index (χ3n) is 16.5. The monoisotopic (exact) mass is 1390 g/mol. The third-order valence-corrected chi connectivity index (χ3v) is 16.5. The zero-order chi connectivity index (χ0) is 70.7. The number of fused-ring (bicyclic) bond motifs is 20. The fourth-order valence-electron chi connectivity index (χ4n) is 11.9. The molecule has 5 heterocycles. The second-order valence-electron chi connectivity index (χ2n) is 23.1. The minimum Gasteiger partial charge on any atom is -0.450 e.